The van der Waals surface area contributed by atoms with Crippen LogP contribution in [0.3, 0.4) is 0 Å². The molecule has 0 spiro atoms. The number of phosphoric ester groups is 2. The van der Waals surface area contributed by atoms with E-state index in [0.29, 0.717) is 0 Å². The fourth-order valence-electron chi connectivity index (χ4n) is 0.604. The number of carbonyl (C=O) groups excluding carboxylic acids is 1. The second-order valence-electron chi connectivity index (χ2n) is 2.59. The van der Waals surface area contributed by atoms with Crippen LogP contribution >= 0.6 is 15.6 Å². The minimum Gasteiger partial charge on any atom is -0.432 e. The quantitative estimate of drug-likeness (QED) is 0.255. The molecule has 0 aromatic carbocycles. The third-order valence-electron chi connectivity index (χ3n) is 1.13. The van der Waals surface area contributed by atoms with Crippen LogP contribution < -0.4 is 0 Å². The number of hydrogen-bond acceptors (Lipinski definition) is 7. The number of rotatable bonds is 8. The first-order valence-electron chi connectivity index (χ1n) is 4.30. The van der Waals surface area contributed by atoms with E-state index >= 15 is 0 Å². The van der Waals surface area contributed by atoms with Gasteiger partial charge in [-0.2, -0.15) is 0 Å². The van der Waals surface area contributed by atoms with Crippen LogP contribution in [0.5, 0.6) is 0 Å². The van der Waals surface area contributed by atoms with E-state index in [2.05, 4.69) is 18.5 Å². The molecule has 0 atom stereocenters. The van der Waals surface area contributed by atoms with Crippen molar-refractivity contribution in [2.45, 2.75) is 0 Å². The van der Waals surface area contributed by atoms with Gasteiger partial charge in [-0.25, -0.2) is 13.9 Å². The van der Waals surface area contributed by atoms with E-state index in [4.69, 9.17) is 19.6 Å². The summed E-state index contributed by atoms with van der Waals surface area (Å²) in [5.41, 5.74) is 0. The average Bonchev–Trinajstić information content (AvgIpc) is 2.17. The van der Waals surface area contributed by atoms with E-state index in [-0.39, 0.29) is 0 Å². The molecule has 0 saturated heterocycles. The van der Waals surface area contributed by atoms with Crippen LogP contribution in [0.4, 0.5) is 4.79 Å². The van der Waals surface area contributed by atoms with Crippen LogP contribution in [0.2, 0.25) is 0 Å². The van der Waals surface area contributed by atoms with Crippen LogP contribution in [0.15, 0.2) is 0 Å². The highest BCUT2D eigenvalue weighted by Gasteiger charge is 2.15. The van der Waals surface area contributed by atoms with Crippen molar-refractivity contribution in [1.82, 2.24) is 0 Å². The summed E-state index contributed by atoms with van der Waals surface area (Å²) in [6.45, 7) is -1.97. The summed E-state index contributed by atoms with van der Waals surface area (Å²) in [5.74, 6) is 0. The van der Waals surface area contributed by atoms with Gasteiger partial charge in [-0.1, -0.05) is 0 Å². The monoisotopic (exact) mass is 310 g/mol. The maximum Gasteiger partial charge on any atom is 0.508 e. The first-order valence-corrected chi connectivity index (χ1v) is 7.36. The van der Waals surface area contributed by atoms with Crippen LogP contribution in [0.25, 0.3) is 0 Å². The molecule has 0 unspecified atom stereocenters. The van der Waals surface area contributed by atoms with Gasteiger partial charge < -0.3 is 29.0 Å². The predicted octanol–water partition coefficient (Wildman–Crippen LogP) is -0.642. The third-order valence-corrected chi connectivity index (χ3v) is 2.16. The van der Waals surface area contributed by atoms with Gasteiger partial charge in [0.2, 0.25) is 0 Å². The van der Waals surface area contributed by atoms with Gasteiger partial charge in [-0.15, -0.1) is 0 Å². The molecule has 0 fully saturated rings. The van der Waals surface area contributed by atoms with Crippen LogP contribution in [0.1, 0.15) is 0 Å². The summed E-state index contributed by atoms with van der Waals surface area (Å²) in [5, 5.41) is 0. The second kappa shape index (κ2) is 7.82. The maximum atomic E-state index is 10.7. The molecule has 0 rings (SSSR count). The number of ether oxygens (including phenoxy) is 2. The van der Waals surface area contributed by atoms with Crippen molar-refractivity contribution in [2.75, 3.05) is 26.4 Å². The number of phosphoric acid groups is 2. The molecular formula is C5H12O11P2. The Labute approximate surface area is 101 Å². The van der Waals surface area contributed by atoms with Gasteiger partial charge in [0.05, 0.1) is 13.2 Å². The van der Waals surface area contributed by atoms with Crippen molar-refractivity contribution in [2.24, 2.45) is 0 Å². The van der Waals surface area contributed by atoms with E-state index < -0.39 is 48.2 Å². The highest BCUT2D eigenvalue weighted by Crippen LogP contribution is 2.35. The first kappa shape index (κ1) is 17.5. The summed E-state index contributed by atoms with van der Waals surface area (Å²) in [6.07, 6.45) is -1.20. The highest BCUT2D eigenvalue weighted by atomic mass is 31.2. The molecule has 0 aromatic heterocycles. The predicted molar refractivity (Wildman–Crippen MR) is 53.3 cm³/mol. The average molecular weight is 310 g/mol. The molecular weight excluding hydrogens is 298 g/mol. The van der Waals surface area contributed by atoms with E-state index in [9.17, 15) is 13.9 Å². The van der Waals surface area contributed by atoms with Gasteiger partial charge in [0, 0.05) is 0 Å². The smallest absolute Gasteiger partial charge is 0.432 e. The zero-order valence-electron chi connectivity index (χ0n) is 8.87. The standard InChI is InChI=1S/C5H12O11P2/c6-5(13-1-3-15-17(7,8)9)14-2-4-16-18(10,11)12/h1-4H2,(H2,7,8,9)(H2,10,11,12). The van der Waals surface area contributed by atoms with Gasteiger partial charge in [0.25, 0.3) is 0 Å². The summed E-state index contributed by atoms with van der Waals surface area (Å²) in [4.78, 5) is 43.8. The molecule has 0 bridgehead atoms. The molecule has 11 nitrogen and oxygen atoms in total. The fourth-order valence-corrected chi connectivity index (χ4v) is 1.23. The van der Waals surface area contributed by atoms with Crippen molar-refractivity contribution < 1.29 is 52.0 Å². The lowest BCUT2D eigenvalue weighted by Crippen LogP contribution is -2.14. The van der Waals surface area contributed by atoms with Crippen molar-refractivity contribution in [3.63, 3.8) is 0 Å². The van der Waals surface area contributed by atoms with E-state index in [1.54, 1.807) is 0 Å². The minimum atomic E-state index is -4.61. The second-order valence-corrected chi connectivity index (χ2v) is 5.07. The molecule has 4 N–H and O–H groups in total. The van der Waals surface area contributed by atoms with Gasteiger partial charge >= 0.3 is 21.8 Å². The van der Waals surface area contributed by atoms with Crippen LogP contribution in [-0.4, -0.2) is 52.2 Å². The van der Waals surface area contributed by atoms with Crippen molar-refractivity contribution in [3.05, 3.63) is 0 Å². The van der Waals surface area contributed by atoms with E-state index in [0.717, 1.165) is 0 Å². The molecule has 0 aliphatic heterocycles. The minimum absolute atomic E-state index is 0.455. The van der Waals surface area contributed by atoms with Crippen molar-refractivity contribution in [3.8, 4) is 0 Å². The molecule has 108 valence electrons. The molecule has 18 heavy (non-hydrogen) atoms. The Bertz CT molecular complexity index is 309. The fraction of sp³-hybridized carbons (Fsp3) is 0.800. The van der Waals surface area contributed by atoms with Gasteiger partial charge in [-0.3, -0.25) is 9.05 Å². The summed E-state index contributed by atoms with van der Waals surface area (Å²) >= 11 is 0. The summed E-state index contributed by atoms with van der Waals surface area (Å²) in [7, 11) is -9.22. The lowest BCUT2D eigenvalue weighted by molar-refractivity contribution is 0.0322. The maximum absolute atomic E-state index is 10.7. The Morgan fingerprint density at radius 3 is 1.39 bits per heavy atom. The Kier molecular flexibility index (Phi) is 7.60. The Morgan fingerprint density at radius 1 is 0.778 bits per heavy atom. The molecule has 0 aliphatic carbocycles. The molecule has 0 heterocycles. The first-order chi connectivity index (χ1) is 8.10. The molecule has 0 radical (unpaired) electrons. The largest absolute Gasteiger partial charge is 0.508 e. The SMILES string of the molecule is O=C(OCCOP(=O)(O)O)OCCOP(=O)(O)O. The van der Waals surface area contributed by atoms with Crippen LogP contribution in [-0.2, 0) is 27.7 Å². The molecule has 0 saturated carbocycles. The molecule has 13 heteroatoms. The van der Waals surface area contributed by atoms with Gasteiger partial charge in [0.15, 0.2) is 0 Å². The number of carbonyl (C=O) groups is 1. The lowest BCUT2D eigenvalue weighted by atomic mass is 10.8. The zero-order chi connectivity index (χ0) is 14.2. The van der Waals surface area contributed by atoms with Crippen LogP contribution in [0, 0.1) is 0 Å². The van der Waals surface area contributed by atoms with E-state index in [1.165, 1.54) is 0 Å². The topological polar surface area (TPSA) is 169 Å². The Morgan fingerprint density at radius 2 is 1.11 bits per heavy atom. The summed E-state index contributed by atoms with van der Waals surface area (Å²) < 4.78 is 36.9. The Hall–Kier alpha value is -0.510. The van der Waals surface area contributed by atoms with Crippen molar-refractivity contribution >= 4 is 21.8 Å². The normalized spacial score (nSPS) is 12.2. The van der Waals surface area contributed by atoms with Gasteiger partial charge in [-0.05, 0) is 0 Å². The molecule has 0 aliphatic rings. The summed E-state index contributed by atoms with van der Waals surface area (Å²) in [6, 6.07) is 0. The van der Waals surface area contributed by atoms with E-state index in [1.807, 2.05) is 0 Å². The number of hydrogen-bond donors (Lipinski definition) is 4. The van der Waals surface area contributed by atoms with Crippen molar-refractivity contribution in [1.29, 1.82) is 0 Å². The highest BCUT2D eigenvalue weighted by molar-refractivity contribution is 7.46. The molecule has 0 amide bonds. The Balaban J connectivity index is 3.50. The zero-order valence-corrected chi connectivity index (χ0v) is 10.7. The third kappa shape index (κ3) is 13.6. The van der Waals surface area contributed by atoms with Gasteiger partial charge in [0.1, 0.15) is 13.2 Å². The lowest BCUT2D eigenvalue weighted by Gasteiger charge is -2.08. The molecule has 0 aromatic rings.